The van der Waals surface area contributed by atoms with Gasteiger partial charge >= 0.3 is 0 Å². The fourth-order valence-electron chi connectivity index (χ4n) is 3.53. The minimum absolute atomic E-state index is 0.0671. The van der Waals surface area contributed by atoms with Gasteiger partial charge in [0.25, 0.3) is 5.91 Å². The number of pyridine rings is 1. The summed E-state index contributed by atoms with van der Waals surface area (Å²) >= 11 is 6.42. The van der Waals surface area contributed by atoms with Gasteiger partial charge in [0.15, 0.2) is 0 Å². The molecule has 1 aromatic heterocycles. The second-order valence-electron chi connectivity index (χ2n) is 8.42. The Morgan fingerprint density at radius 1 is 0.943 bits per heavy atom. The minimum Gasteiger partial charge on any atom is -0.326 e. The summed E-state index contributed by atoms with van der Waals surface area (Å²) in [4.78, 5) is 29.9. The van der Waals surface area contributed by atoms with E-state index in [0.717, 1.165) is 11.1 Å². The quantitative estimate of drug-likeness (QED) is 0.248. The smallest absolute Gasteiger partial charge is 0.272 e. The number of carbonyl (C=O) groups is 2. The van der Waals surface area contributed by atoms with E-state index in [9.17, 15) is 9.59 Å². The van der Waals surface area contributed by atoms with Crippen LogP contribution in [0.2, 0.25) is 5.02 Å². The molecule has 0 fully saturated rings. The van der Waals surface area contributed by atoms with Crippen LogP contribution < -0.4 is 10.7 Å². The number of nitrogens with one attached hydrogen (secondary N) is 2. The maximum absolute atomic E-state index is 13.2. The summed E-state index contributed by atoms with van der Waals surface area (Å²) in [5, 5.41) is 8.29. The standard InChI is InChI=1S/C28H25ClN4O2/c1-17(2)27(34)30-21-12-7-11-20(15-21)18(3)32-33-28(35)23-16-25(19-9-5-4-6-10-19)31-26-22(23)13-8-14-24(26)29/h4-17H,1-3H3,(H,30,34)(H,33,35)/b32-18-. The van der Waals surface area contributed by atoms with Gasteiger partial charge in [-0.3, -0.25) is 9.59 Å². The largest absolute Gasteiger partial charge is 0.326 e. The highest BCUT2D eigenvalue weighted by Crippen LogP contribution is 2.29. The van der Waals surface area contributed by atoms with Gasteiger partial charge in [-0.25, -0.2) is 10.4 Å². The lowest BCUT2D eigenvalue weighted by Crippen LogP contribution is -2.20. The van der Waals surface area contributed by atoms with E-state index >= 15 is 0 Å². The molecule has 0 spiro atoms. The van der Waals surface area contributed by atoms with Crippen LogP contribution in [-0.4, -0.2) is 22.5 Å². The molecule has 0 saturated carbocycles. The first-order valence-corrected chi connectivity index (χ1v) is 11.6. The van der Waals surface area contributed by atoms with Crippen LogP contribution in [0.3, 0.4) is 0 Å². The Kier molecular flexibility index (Phi) is 7.22. The Morgan fingerprint density at radius 3 is 2.43 bits per heavy atom. The number of carbonyl (C=O) groups excluding carboxylic acids is 2. The van der Waals surface area contributed by atoms with Crippen LogP contribution in [0.1, 0.15) is 36.7 Å². The van der Waals surface area contributed by atoms with E-state index in [1.165, 1.54) is 0 Å². The first kappa shape index (κ1) is 24.1. The van der Waals surface area contributed by atoms with Crippen molar-refractivity contribution in [3.63, 3.8) is 0 Å². The second-order valence-corrected chi connectivity index (χ2v) is 8.83. The zero-order valence-electron chi connectivity index (χ0n) is 19.7. The van der Waals surface area contributed by atoms with Crippen molar-refractivity contribution in [3.05, 3.63) is 95.0 Å². The number of fused-ring (bicyclic) bond motifs is 1. The first-order chi connectivity index (χ1) is 16.8. The molecule has 4 aromatic rings. The summed E-state index contributed by atoms with van der Waals surface area (Å²) in [5.74, 6) is -0.569. The molecule has 0 aliphatic carbocycles. The number of hydrazone groups is 1. The van der Waals surface area contributed by atoms with Gasteiger partial charge in [0.1, 0.15) is 0 Å². The van der Waals surface area contributed by atoms with Gasteiger partial charge < -0.3 is 5.32 Å². The lowest BCUT2D eigenvalue weighted by Gasteiger charge is -2.11. The Morgan fingerprint density at radius 2 is 1.69 bits per heavy atom. The van der Waals surface area contributed by atoms with Crippen molar-refractivity contribution < 1.29 is 9.59 Å². The van der Waals surface area contributed by atoms with Crippen LogP contribution in [0, 0.1) is 5.92 Å². The molecule has 1 heterocycles. The number of nitrogens with zero attached hydrogens (tertiary/aromatic N) is 2. The maximum Gasteiger partial charge on any atom is 0.272 e. The molecular weight excluding hydrogens is 460 g/mol. The van der Waals surface area contributed by atoms with Crippen molar-refractivity contribution in [2.45, 2.75) is 20.8 Å². The topological polar surface area (TPSA) is 83.4 Å². The zero-order chi connectivity index (χ0) is 24.9. The van der Waals surface area contributed by atoms with Crippen LogP contribution in [0.15, 0.2) is 84.0 Å². The van der Waals surface area contributed by atoms with Crippen LogP contribution in [0.25, 0.3) is 22.2 Å². The third-order valence-electron chi connectivity index (χ3n) is 5.50. The molecule has 0 aliphatic rings. The number of hydrogen-bond acceptors (Lipinski definition) is 4. The van der Waals surface area contributed by atoms with Crippen molar-refractivity contribution in [3.8, 4) is 11.3 Å². The number of aromatic nitrogens is 1. The first-order valence-electron chi connectivity index (χ1n) is 11.2. The average Bonchev–Trinajstić information content (AvgIpc) is 2.87. The molecule has 0 saturated heterocycles. The number of hydrogen-bond donors (Lipinski definition) is 2. The Labute approximate surface area is 209 Å². The predicted octanol–water partition coefficient (Wildman–Crippen LogP) is 6.30. The summed E-state index contributed by atoms with van der Waals surface area (Å²) in [7, 11) is 0. The van der Waals surface area contributed by atoms with Gasteiger partial charge in [-0.2, -0.15) is 5.10 Å². The summed E-state index contributed by atoms with van der Waals surface area (Å²) in [5.41, 5.74) is 7.20. The van der Waals surface area contributed by atoms with E-state index in [0.29, 0.717) is 38.6 Å². The van der Waals surface area contributed by atoms with E-state index < -0.39 is 0 Å². The van der Waals surface area contributed by atoms with Gasteiger partial charge in [0.2, 0.25) is 5.91 Å². The van der Waals surface area contributed by atoms with Gasteiger partial charge in [0.05, 0.1) is 27.5 Å². The van der Waals surface area contributed by atoms with Gasteiger partial charge in [-0.15, -0.1) is 0 Å². The van der Waals surface area contributed by atoms with E-state index in [4.69, 9.17) is 16.6 Å². The van der Waals surface area contributed by atoms with Gasteiger partial charge in [0, 0.05) is 22.6 Å². The predicted molar refractivity (Wildman–Crippen MR) is 142 cm³/mol. The molecule has 35 heavy (non-hydrogen) atoms. The van der Waals surface area contributed by atoms with Gasteiger partial charge in [-0.05, 0) is 36.8 Å². The maximum atomic E-state index is 13.2. The molecule has 0 aliphatic heterocycles. The van der Waals surface area contributed by atoms with E-state index in [1.54, 1.807) is 25.1 Å². The Balaban J connectivity index is 1.64. The van der Waals surface area contributed by atoms with Crippen molar-refractivity contribution in [2.24, 2.45) is 11.0 Å². The summed E-state index contributed by atoms with van der Waals surface area (Å²) in [6, 6.07) is 24.0. The molecule has 6 nitrogen and oxygen atoms in total. The Bertz CT molecular complexity index is 1430. The minimum atomic E-state index is -0.375. The number of halogens is 1. The van der Waals surface area contributed by atoms with Crippen LogP contribution in [0.4, 0.5) is 5.69 Å². The monoisotopic (exact) mass is 484 g/mol. The van der Waals surface area contributed by atoms with E-state index in [2.05, 4.69) is 15.8 Å². The number of amides is 2. The average molecular weight is 485 g/mol. The lowest BCUT2D eigenvalue weighted by molar-refractivity contribution is -0.118. The highest BCUT2D eigenvalue weighted by Gasteiger charge is 2.16. The molecule has 0 bridgehead atoms. The van der Waals surface area contributed by atoms with E-state index in [-0.39, 0.29) is 17.7 Å². The van der Waals surface area contributed by atoms with Crippen molar-refractivity contribution in [1.29, 1.82) is 0 Å². The normalized spacial score (nSPS) is 11.5. The van der Waals surface area contributed by atoms with Gasteiger partial charge in [-0.1, -0.05) is 80.0 Å². The third-order valence-corrected chi connectivity index (χ3v) is 5.81. The van der Waals surface area contributed by atoms with Crippen LogP contribution in [0.5, 0.6) is 0 Å². The van der Waals surface area contributed by atoms with Crippen molar-refractivity contribution in [1.82, 2.24) is 10.4 Å². The fourth-order valence-corrected chi connectivity index (χ4v) is 3.74. The highest BCUT2D eigenvalue weighted by molar-refractivity contribution is 6.35. The van der Waals surface area contributed by atoms with Crippen LogP contribution >= 0.6 is 11.6 Å². The number of anilines is 1. The molecule has 0 atom stereocenters. The molecule has 4 rings (SSSR count). The second kappa shape index (κ2) is 10.5. The van der Waals surface area contributed by atoms with Crippen molar-refractivity contribution in [2.75, 3.05) is 5.32 Å². The molecule has 3 aromatic carbocycles. The van der Waals surface area contributed by atoms with Crippen molar-refractivity contribution >= 4 is 45.7 Å². The molecule has 2 amide bonds. The summed E-state index contributed by atoms with van der Waals surface area (Å²) < 4.78 is 0. The Hall–Kier alpha value is -4.03. The summed E-state index contributed by atoms with van der Waals surface area (Å²) in [6.45, 7) is 5.46. The SMILES string of the molecule is C/C(=N/NC(=O)c1cc(-c2ccccc2)nc2c(Cl)cccc12)c1cccc(NC(=O)C(C)C)c1. The summed E-state index contributed by atoms with van der Waals surface area (Å²) in [6.07, 6.45) is 0. The molecular formula is C28H25ClN4O2. The lowest BCUT2D eigenvalue weighted by atomic mass is 10.0. The molecule has 176 valence electrons. The number of rotatable bonds is 6. The molecule has 7 heteroatoms. The van der Waals surface area contributed by atoms with Crippen LogP contribution in [-0.2, 0) is 4.79 Å². The molecule has 0 unspecified atom stereocenters. The zero-order valence-corrected chi connectivity index (χ0v) is 20.4. The molecule has 2 N–H and O–H groups in total. The third kappa shape index (κ3) is 5.55. The fraction of sp³-hybridized carbons (Fsp3) is 0.143. The number of para-hydroxylation sites is 1. The van der Waals surface area contributed by atoms with E-state index in [1.807, 2.05) is 74.5 Å². The molecule has 0 radical (unpaired) electrons. The highest BCUT2D eigenvalue weighted by atomic mass is 35.5. The number of benzene rings is 3.